The number of hydrogen-bond donors (Lipinski definition) is 1. The van der Waals surface area contributed by atoms with E-state index >= 15 is 0 Å². The number of nitrogens with one attached hydrogen (secondary N) is 1. The maximum Gasteiger partial charge on any atom is 0.252 e. The number of hydrogen-bond acceptors (Lipinski definition) is 5. The Labute approximate surface area is 151 Å². The SMILES string of the molecule is O=C(NCC[C@H]1CN(C2CCOCC2)Cc2ccnn21)c1ccsc1. The zero-order valence-electron chi connectivity index (χ0n) is 14.3. The smallest absolute Gasteiger partial charge is 0.252 e. The van der Waals surface area contributed by atoms with E-state index in [1.807, 2.05) is 23.0 Å². The van der Waals surface area contributed by atoms with Crippen LogP contribution in [-0.2, 0) is 11.3 Å². The molecule has 134 valence electrons. The summed E-state index contributed by atoms with van der Waals surface area (Å²) in [5.41, 5.74) is 2.02. The van der Waals surface area contributed by atoms with Crippen LogP contribution in [0.4, 0.5) is 0 Å². The van der Waals surface area contributed by atoms with Gasteiger partial charge in [-0.3, -0.25) is 14.4 Å². The van der Waals surface area contributed by atoms with Crippen LogP contribution in [0.3, 0.4) is 0 Å². The molecular weight excluding hydrogens is 336 g/mol. The minimum Gasteiger partial charge on any atom is -0.381 e. The van der Waals surface area contributed by atoms with Gasteiger partial charge in [0.2, 0.25) is 0 Å². The molecule has 0 spiro atoms. The predicted octanol–water partition coefficient (Wildman–Crippen LogP) is 2.30. The molecular formula is C18H24N4O2S. The number of nitrogens with zero attached hydrogens (tertiary/aromatic N) is 3. The van der Waals surface area contributed by atoms with E-state index in [1.165, 1.54) is 5.69 Å². The number of fused-ring (bicyclic) bond motifs is 1. The first kappa shape index (κ1) is 16.8. The molecule has 25 heavy (non-hydrogen) atoms. The summed E-state index contributed by atoms with van der Waals surface area (Å²) in [4.78, 5) is 14.7. The average molecular weight is 360 g/mol. The van der Waals surface area contributed by atoms with Gasteiger partial charge in [0.05, 0.1) is 11.7 Å². The van der Waals surface area contributed by atoms with Crippen LogP contribution in [0.2, 0.25) is 0 Å². The highest BCUT2D eigenvalue weighted by molar-refractivity contribution is 7.08. The van der Waals surface area contributed by atoms with Crippen LogP contribution >= 0.6 is 11.3 Å². The van der Waals surface area contributed by atoms with Gasteiger partial charge in [-0.25, -0.2) is 0 Å². The minimum atomic E-state index is 0.0130. The molecule has 1 fully saturated rings. The molecule has 7 heteroatoms. The molecule has 0 bridgehead atoms. The van der Waals surface area contributed by atoms with Gasteiger partial charge in [0.1, 0.15) is 0 Å². The lowest BCUT2D eigenvalue weighted by Gasteiger charge is -2.40. The standard InChI is InChI=1S/C18H24N4O2S/c23-18(14-5-10-25-13-14)19-6-1-16-11-21(15-3-8-24-9-4-15)12-17-2-7-20-22(16)17/h2,5,7,10,13,15-16H,1,3-4,6,8-9,11-12H2,(H,19,23)/t16-/m0/s1. The van der Waals surface area contributed by atoms with Crippen LogP contribution in [-0.4, -0.2) is 52.9 Å². The Morgan fingerprint density at radius 2 is 2.24 bits per heavy atom. The maximum atomic E-state index is 12.1. The van der Waals surface area contributed by atoms with Crippen molar-refractivity contribution in [1.29, 1.82) is 0 Å². The molecule has 2 aliphatic heterocycles. The Kier molecular flexibility index (Phi) is 5.14. The van der Waals surface area contributed by atoms with Crippen molar-refractivity contribution in [3.05, 3.63) is 40.3 Å². The molecule has 1 amide bonds. The van der Waals surface area contributed by atoms with Gasteiger partial charge in [0.25, 0.3) is 5.91 Å². The quantitative estimate of drug-likeness (QED) is 0.889. The summed E-state index contributed by atoms with van der Waals surface area (Å²) in [6, 6.07) is 4.88. The Bertz CT molecular complexity index is 694. The molecule has 0 aliphatic carbocycles. The number of ether oxygens (including phenoxy) is 1. The zero-order valence-corrected chi connectivity index (χ0v) is 15.1. The fourth-order valence-electron chi connectivity index (χ4n) is 3.81. The largest absolute Gasteiger partial charge is 0.381 e. The number of carbonyl (C=O) groups excluding carboxylic acids is 1. The first-order chi connectivity index (χ1) is 12.3. The molecule has 1 N–H and O–H groups in total. The predicted molar refractivity (Wildman–Crippen MR) is 96.8 cm³/mol. The molecule has 0 saturated carbocycles. The van der Waals surface area contributed by atoms with E-state index in [9.17, 15) is 4.79 Å². The van der Waals surface area contributed by atoms with Crippen molar-refractivity contribution in [2.75, 3.05) is 26.3 Å². The third kappa shape index (κ3) is 3.78. The Morgan fingerprint density at radius 1 is 1.36 bits per heavy atom. The summed E-state index contributed by atoms with van der Waals surface area (Å²) < 4.78 is 7.65. The second-order valence-electron chi connectivity index (χ2n) is 6.75. The van der Waals surface area contributed by atoms with Gasteiger partial charge in [-0.05, 0) is 36.8 Å². The molecule has 0 aromatic carbocycles. The summed E-state index contributed by atoms with van der Waals surface area (Å²) >= 11 is 1.55. The highest BCUT2D eigenvalue weighted by atomic mass is 32.1. The normalized spacial score (nSPS) is 21.8. The monoisotopic (exact) mass is 360 g/mol. The van der Waals surface area contributed by atoms with Crippen LogP contribution in [0, 0.1) is 0 Å². The van der Waals surface area contributed by atoms with Crippen LogP contribution in [0.25, 0.3) is 0 Å². The van der Waals surface area contributed by atoms with Crippen molar-refractivity contribution < 1.29 is 9.53 Å². The van der Waals surface area contributed by atoms with Crippen LogP contribution in [0.1, 0.15) is 41.4 Å². The maximum absolute atomic E-state index is 12.1. The minimum absolute atomic E-state index is 0.0130. The van der Waals surface area contributed by atoms with Crippen molar-refractivity contribution in [3.8, 4) is 0 Å². The van der Waals surface area contributed by atoms with Gasteiger partial charge < -0.3 is 10.1 Å². The summed E-state index contributed by atoms with van der Waals surface area (Å²) in [6.45, 7) is 4.35. The Morgan fingerprint density at radius 3 is 3.04 bits per heavy atom. The van der Waals surface area contributed by atoms with Crippen molar-refractivity contribution >= 4 is 17.2 Å². The second kappa shape index (κ2) is 7.68. The number of thiophene rings is 1. The van der Waals surface area contributed by atoms with Crippen molar-refractivity contribution in [2.45, 2.75) is 37.9 Å². The van der Waals surface area contributed by atoms with Crippen LogP contribution in [0.15, 0.2) is 29.1 Å². The highest BCUT2D eigenvalue weighted by Crippen LogP contribution is 2.27. The molecule has 1 saturated heterocycles. The topological polar surface area (TPSA) is 59.4 Å². The van der Waals surface area contributed by atoms with E-state index in [0.29, 0.717) is 18.6 Å². The summed E-state index contributed by atoms with van der Waals surface area (Å²) in [7, 11) is 0. The third-order valence-electron chi connectivity index (χ3n) is 5.16. The number of amides is 1. The van der Waals surface area contributed by atoms with Gasteiger partial charge in [-0.2, -0.15) is 16.4 Å². The molecule has 0 radical (unpaired) electrons. The zero-order chi connectivity index (χ0) is 17.1. The summed E-state index contributed by atoms with van der Waals surface area (Å²) in [5.74, 6) is 0.0130. The van der Waals surface area contributed by atoms with Crippen molar-refractivity contribution in [3.63, 3.8) is 0 Å². The van der Waals surface area contributed by atoms with Gasteiger partial charge in [0.15, 0.2) is 0 Å². The first-order valence-electron chi connectivity index (χ1n) is 8.96. The molecule has 0 unspecified atom stereocenters. The Balaban J connectivity index is 1.37. The van der Waals surface area contributed by atoms with E-state index in [2.05, 4.69) is 26.1 Å². The van der Waals surface area contributed by atoms with Crippen LogP contribution < -0.4 is 5.32 Å². The molecule has 2 aliphatic rings. The lowest BCUT2D eigenvalue weighted by Crippen LogP contribution is -2.46. The van der Waals surface area contributed by atoms with Gasteiger partial charge in [0, 0.05) is 56.0 Å². The lowest BCUT2D eigenvalue weighted by atomic mass is 10.0. The number of aromatic nitrogens is 2. The van der Waals surface area contributed by atoms with E-state index in [-0.39, 0.29) is 5.91 Å². The van der Waals surface area contributed by atoms with E-state index in [1.54, 1.807) is 11.3 Å². The van der Waals surface area contributed by atoms with E-state index < -0.39 is 0 Å². The van der Waals surface area contributed by atoms with Crippen molar-refractivity contribution in [1.82, 2.24) is 20.0 Å². The van der Waals surface area contributed by atoms with Crippen molar-refractivity contribution in [2.24, 2.45) is 0 Å². The first-order valence-corrected chi connectivity index (χ1v) is 9.90. The fraction of sp³-hybridized carbons (Fsp3) is 0.556. The molecule has 4 rings (SSSR count). The lowest BCUT2D eigenvalue weighted by molar-refractivity contribution is 0.0158. The average Bonchev–Trinajstić information content (AvgIpc) is 3.34. The number of rotatable bonds is 5. The van der Waals surface area contributed by atoms with Gasteiger partial charge in [-0.15, -0.1) is 0 Å². The second-order valence-corrected chi connectivity index (χ2v) is 7.53. The third-order valence-corrected chi connectivity index (χ3v) is 5.85. The molecule has 4 heterocycles. The summed E-state index contributed by atoms with van der Waals surface area (Å²) in [6.07, 6.45) is 5.00. The summed E-state index contributed by atoms with van der Waals surface area (Å²) in [5, 5.41) is 11.4. The van der Waals surface area contributed by atoms with Gasteiger partial charge in [-0.1, -0.05) is 0 Å². The highest BCUT2D eigenvalue weighted by Gasteiger charge is 2.30. The molecule has 2 aromatic heterocycles. The van der Waals surface area contributed by atoms with Crippen LogP contribution in [0.5, 0.6) is 0 Å². The molecule has 6 nitrogen and oxygen atoms in total. The molecule has 2 aromatic rings. The fourth-order valence-corrected chi connectivity index (χ4v) is 4.44. The van der Waals surface area contributed by atoms with E-state index in [4.69, 9.17) is 4.74 Å². The van der Waals surface area contributed by atoms with Gasteiger partial charge >= 0.3 is 0 Å². The molecule has 1 atom stereocenters. The number of carbonyl (C=O) groups is 1. The Hall–Kier alpha value is -1.70. The van der Waals surface area contributed by atoms with E-state index in [0.717, 1.165) is 51.1 Å².